The van der Waals surface area contributed by atoms with E-state index in [0.29, 0.717) is 12.1 Å². The molecular weight excluding hydrogens is 272 g/mol. The fourth-order valence-electron chi connectivity index (χ4n) is 1.89. The van der Waals surface area contributed by atoms with E-state index in [-0.39, 0.29) is 18.5 Å². The molecule has 0 fully saturated rings. The van der Waals surface area contributed by atoms with Crippen LogP contribution in [0.1, 0.15) is 28.8 Å². The first kappa shape index (κ1) is 14.7. The summed E-state index contributed by atoms with van der Waals surface area (Å²) in [5.74, 6) is -0.931. The van der Waals surface area contributed by atoms with Crippen molar-refractivity contribution in [3.63, 3.8) is 0 Å². The average molecular weight is 288 g/mol. The fourth-order valence-corrected chi connectivity index (χ4v) is 1.89. The van der Waals surface area contributed by atoms with Gasteiger partial charge < -0.3 is 11.1 Å². The van der Waals surface area contributed by atoms with Crippen LogP contribution in [0.25, 0.3) is 5.65 Å². The van der Waals surface area contributed by atoms with E-state index in [1.807, 2.05) is 6.92 Å². The van der Waals surface area contributed by atoms with E-state index in [1.54, 1.807) is 18.3 Å². The Morgan fingerprint density at radius 1 is 1.43 bits per heavy atom. The second-order valence-electron chi connectivity index (χ2n) is 4.74. The molecule has 0 aliphatic heterocycles. The van der Waals surface area contributed by atoms with E-state index in [0.717, 1.165) is 5.56 Å². The van der Waals surface area contributed by atoms with Crippen LogP contribution in [-0.2, 0) is 4.79 Å². The van der Waals surface area contributed by atoms with Crippen LogP contribution >= 0.6 is 0 Å². The third-order valence-corrected chi connectivity index (χ3v) is 3.00. The molecule has 110 valence electrons. The van der Waals surface area contributed by atoms with Gasteiger partial charge in [-0.25, -0.2) is 4.98 Å². The normalized spacial score (nSPS) is 10.5. The molecule has 21 heavy (non-hydrogen) atoms. The molecule has 2 rings (SSSR count). The number of fused-ring (bicyclic) bond motifs is 1. The highest BCUT2D eigenvalue weighted by atomic mass is 16.2. The molecule has 0 aromatic carbocycles. The summed E-state index contributed by atoms with van der Waals surface area (Å²) in [4.78, 5) is 38.8. The zero-order valence-electron chi connectivity index (χ0n) is 11.6. The maximum atomic E-state index is 12.2. The highest BCUT2D eigenvalue weighted by Crippen LogP contribution is 2.02. The van der Waals surface area contributed by atoms with Gasteiger partial charge in [0.25, 0.3) is 11.5 Å². The van der Waals surface area contributed by atoms with Crippen molar-refractivity contribution in [2.24, 2.45) is 5.73 Å². The summed E-state index contributed by atoms with van der Waals surface area (Å²) in [6.45, 7) is 2.17. The van der Waals surface area contributed by atoms with E-state index in [1.165, 1.54) is 10.6 Å². The van der Waals surface area contributed by atoms with Crippen LogP contribution in [0.3, 0.4) is 0 Å². The molecule has 0 spiro atoms. The van der Waals surface area contributed by atoms with E-state index in [9.17, 15) is 14.4 Å². The van der Waals surface area contributed by atoms with Crippen molar-refractivity contribution >= 4 is 17.5 Å². The van der Waals surface area contributed by atoms with Crippen LogP contribution in [0.5, 0.6) is 0 Å². The van der Waals surface area contributed by atoms with Gasteiger partial charge in [-0.3, -0.25) is 18.8 Å². The summed E-state index contributed by atoms with van der Waals surface area (Å²) in [6.07, 6.45) is 3.47. The van der Waals surface area contributed by atoms with Crippen LogP contribution < -0.4 is 16.6 Å². The van der Waals surface area contributed by atoms with Crippen LogP contribution in [-0.4, -0.2) is 27.7 Å². The number of nitrogens with one attached hydrogen (secondary N) is 1. The van der Waals surface area contributed by atoms with Crippen molar-refractivity contribution in [3.8, 4) is 0 Å². The lowest BCUT2D eigenvalue weighted by Gasteiger charge is -2.06. The zero-order chi connectivity index (χ0) is 15.4. The second kappa shape index (κ2) is 6.17. The molecule has 2 aromatic rings. The van der Waals surface area contributed by atoms with Gasteiger partial charge in [0.15, 0.2) is 0 Å². The average Bonchev–Trinajstić information content (AvgIpc) is 2.43. The third-order valence-electron chi connectivity index (χ3n) is 3.00. The molecule has 0 aliphatic rings. The van der Waals surface area contributed by atoms with Crippen molar-refractivity contribution in [2.75, 3.05) is 6.54 Å². The van der Waals surface area contributed by atoms with Gasteiger partial charge in [-0.1, -0.05) is 0 Å². The predicted molar refractivity (Wildman–Crippen MR) is 77.0 cm³/mol. The Balaban J connectivity index is 2.16. The molecule has 0 unspecified atom stereocenters. The molecule has 0 saturated heterocycles. The lowest BCUT2D eigenvalue weighted by molar-refractivity contribution is -0.118. The molecular formula is C14H16N4O3. The van der Waals surface area contributed by atoms with Gasteiger partial charge in [0, 0.05) is 25.4 Å². The number of aryl methyl sites for hydroxylation is 1. The van der Waals surface area contributed by atoms with Crippen molar-refractivity contribution < 1.29 is 9.59 Å². The first-order valence-electron chi connectivity index (χ1n) is 6.53. The minimum atomic E-state index is -0.507. The number of carbonyl (C=O) groups excluding carboxylic acids is 2. The molecule has 2 amide bonds. The van der Waals surface area contributed by atoms with Gasteiger partial charge >= 0.3 is 0 Å². The van der Waals surface area contributed by atoms with Crippen molar-refractivity contribution in [2.45, 2.75) is 19.8 Å². The number of hydrogen-bond donors (Lipinski definition) is 2. The lowest BCUT2D eigenvalue weighted by atomic mass is 10.2. The largest absolute Gasteiger partial charge is 0.370 e. The molecule has 2 heterocycles. The zero-order valence-corrected chi connectivity index (χ0v) is 11.6. The molecule has 0 atom stereocenters. The van der Waals surface area contributed by atoms with E-state index < -0.39 is 17.4 Å². The summed E-state index contributed by atoms with van der Waals surface area (Å²) in [7, 11) is 0. The number of nitrogens with two attached hydrogens (primary N) is 1. The monoisotopic (exact) mass is 288 g/mol. The van der Waals surface area contributed by atoms with Gasteiger partial charge in [-0.2, -0.15) is 0 Å². The molecule has 0 aliphatic carbocycles. The quantitative estimate of drug-likeness (QED) is 0.755. The molecule has 7 heteroatoms. The highest BCUT2D eigenvalue weighted by molar-refractivity contribution is 5.93. The molecule has 0 saturated carbocycles. The SMILES string of the molecule is Cc1ccn2c(=O)c(C(=O)NCCCC(N)=O)cnc2c1. The Morgan fingerprint density at radius 3 is 2.90 bits per heavy atom. The molecule has 0 bridgehead atoms. The summed E-state index contributed by atoms with van der Waals surface area (Å²) in [5, 5.41) is 2.57. The van der Waals surface area contributed by atoms with Crippen molar-refractivity contribution in [3.05, 3.63) is 46.0 Å². The van der Waals surface area contributed by atoms with Crippen LogP contribution in [0.4, 0.5) is 0 Å². The lowest BCUT2D eigenvalue weighted by Crippen LogP contribution is -2.32. The Hall–Kier alpha value is -2.70. The summed E-state index contributed by atoms with van der Waals surface area (Å²) >= 11 is 0. The fraction of sp³-hybridized carbons (Fsp3) is 0.286. The van der Waals surface area contributed by atoms with Gasteiger partial charge in [-0.05, 0) is 31.0 Å². The van der Waals surface area contributed by atoms with E-state index in [2.05, 4.69) is 10.3 Å². The maximum Gasteiger partial charge on any atom is 0.270 e. The van der Waals surface area contributed by atoms with Crippen LogP contribution in [0, 0.1) is 6.92 Å². The number of hydrogen-bond acceptors (Lipinski definition) is 4. The standard InChI is InChI=1S/C14H16N4O3/c1-9-4-6-18-12(7-9)17-8-10(14(18)21)13(20)16-5-2-3-11(15)19/h4,6-8H,2-3,5H2,1H3,(H2,15,19)(H,16,20). The maximum absolute atomic E-state index is 12.2. The molecule has 7 nitrogen and oxygen atoms in total. The van der Waals surface area contributed by atoms with Crippen LogP contribution in [0.15, 0.2) is 29.3 Å². The summed E-state index contributed by atoms with van der Waals surface area (Å²) in [6, 6.07) is 3.53. The van der Waals surface area contributed by atoms with E-state index >= 15 is 0 Å². The summed E-state index contributed by atoms with van der Waals surface area (Å²) < 4.78 is 1.32. The number of pyridine rings is 1. The number of carbonyl (C=O) groups is 2. The Labute approximate surface area is 120 Å². The minimum Gasteiger partial charge on any atom is -0.370 e. The first-order chi connectivity index (χ1) is 9.99. The van der Waals surface area contributed by atoms with E-state index in [4.69, 9.17) is 5.73 Å². The number of amides is 2. The number of nitrogens with zero attached hydrogens (tertiary/aromatic N) is 2. The number of primary amides is 1. The topological polar surface area (TPSA) is 107 Å². The van der Waals surface area contributed by atoms with Crippen LogP contribution in [0.2, 0.25) is 0 Å². The van der Waals surface area contributed by atoms with Gasteiger partial charge in [0.2, 0.25) is 5.91 Å². The molecule has 3 N–H and O–H groups in total. The number of aromatic nitrogens is 2. The Bertz CT molecular complexity index is 751. The van der Waals surface area contributed by atoms with Crippen molar-refractivity contribution in [1.82, 2.24) is 14.7 Å². The van der Waals surface area contributed by atoms with Gasteiger partial charge in [0.1, 0.15) is 11.2 Å². The molecule has 0 radical (unpaired) electrons. The second-order valence-corrected chi connectivity index (χ2v) is 4.74. The Morgan fingerprint density at radius 2 is 2.19 bits per heavy atom. The first-order valence-corrected chi connectivity index (χ1v) is 6.53. The molecule has 2 aromatic heterocycles. The van der Waals surface area contributed by atoms with Gasteiger partial charge in [-0.15, -0.1) is 0 Å². The third kappa shape index (κ3) is 3.44. The van der Waals surface area contributed by atoms with Gasteiger partial charge in [0.05, 0.1) is 0 Å². The predicted octanol–water partition coefficient (Wildman–Crippen LogP) is -0.00178. The number of rotatable bonds is 5. The minimum absolute atomic E-state index is 0.0320. The highest BCUT2D eigenvalue weighted by Gasteiger charge is 2.12. The Kier molecular flexibility index (Phi) is 4.32. The van der Waals surface area contributed by atoms with Crippen molar-refractivity contribution in [1.29, 1.82) is 0 Å². The summed E-state index contributed by atoms with van der Waals surface area (Å²) in [5.41, 5.74) is 6.02. The smallest absolute Gasteiger partial charge is 0.270 e.